The predicted molar refractivity (Wildman–Crippen MR) is 268 cm³/mol. The summed E-state index contributed by atoms with van der Waals surface area (Å²) in [7, 11) is 0. The van der Waals surface area contributed by atoms with Gasteiger partial charge in [0.25, 0.3) is 5.69 Å². The van der Waals surface area contributed by atoms with Crippen molar-refractivity contribution in [3.63, 3.8) is 0 Å². The lowest BCUT2D eigenvalue weighted by Gasteiger charge is -2.60. The Morgan fingerprint density at radius 2 is 1.68 bits per heavy atom. The summed E-state index contributed by atoms with van der Waals surface area (Å²) in [4.78, 5) is 35.6. The van der Waals surface area contributed by atoms with Crippen molar-refractivity contribution in [2.24, 2.45) is 28.8 Å². The van der Waals surface area contributed by atoms with Gasteiger partial charge in [0.2, 0.25) is 11.7 Å². The molecule has 1 aliphatic heterocycles. The molecule has 0 saturated heterocycles. The SMILES string of the molecule is C=CCOC12Oc3ccc(Oc4ccc(SC)cc4)cc3C3C(CCCCO)C(CCCCO)C=C(C(=NOCc4ccc([N+](=O)[O-])cc4)CC1N(Cc1cccc4ccccc14)C(=O)C1CC1)C32. The molecule has 2 saturated carbocycles. The number of hydrogen-bond donors (Lipinski definition) is 2. The number of aliphatic hydroxyl groups is 2. The third-order valence-corrected chi connectivity index (χ3v) is 15.0. The molecule has 0 bridgehead atoms. The summed E-state index contributed by atoms with van der Waals surface area (Å²) in [5, 5.41) is 38.7. The molecule has 1 heterocycles. The molecule has 12 nitrogen and oxygen atoms in total. The van der Waals surface area contributed by atoms with Crippen molar-refractivity contribution in [2.45, 2.75) is 93.6 Å². The van der Waals surface area contributed by atoms with Gasteiger partial charge in [-0.25, -0.2) is 0 Å². The van der Waals surface area contributed by atoms with E-state index < -0.39 is 22.7 Å². The maximum absolute atomic E-state index is 15.2. The number of thioether (sulfide) groups is 1. The minimum Gasteiger partial charge on any atom is -0.459 e. The van der Waals surface area contributed by atoms with Gasteiger partial charge in [-0.05, 0) is 139 Å². The summed E-state index contributed by atoms with van der Waals surface area (Å²) in [6.45, 7) is 4.78. The van der Waals surface area contributed by atoms with E-state index in [1.807, 2.05) is 65.8 Å². The summed E-state index contributed by atoms with van der Waals surface area (Å²) >= 11 is 1.67. The van der Waals surface area contributed by atoms with Crippen LogP contribution in [-0.4, -0.2) is 69.6 Å². The van der Waals surface area contributed by atoms with E-state index in [2.05, 4.69) is 43.0 Å². The second kappa shape index (κ2) is 21.8. The number of unbranched alkanes of at least 4 members (excludes halogenated alkanes) is 2. The lowest BCUT2D eigenvalue weighted by Crippen LogP contribution is -2.70. The Hall–Kier alpha value is -5.99. The number of carbonyl (C=O) groups is 1. The fourth-order valence-electron chi connectivity index (χ4n) is 10.9. The van der Waals surface area contributed by atoms with Crippen LogP contribution in [0.25, 0.3) is 10.8 Å². The molecule has 1 amide bonds. The van der Waals surface area contributed by atoms with Gasteiger partial charge in [0, 0.05) is 60.6 Å². The summed E-state index contributed by atoms with van der Waals surface area (Å²) in [6.07, 6.45) is 12.4. The van der Waals surface area contributed by atoms with Crippen LogP contribution in [0.15, 0.2) is 144 Å². The first-order valence-corrected chi connectivity index (χ1v) is 25.5. The van der Waals surface area contributed by atoms with Gasteiger partial charge in [0.05, 0.1) is 23.2 Å². The van der Waals surface area contributed by atoms with E-state index >= 15 is 4.79 Å². The smallest absolute Gasteiger partial charge is 0.269 e. The second-order valence-corrected chi connectivity index (χ2v) is 19.5. The number of nitro groups is 1. The number of aliphatic hydroxyl groups excluding tert-OH is 2. The van der Waals surface area contributed by atoms with Crippen LogP contribution in [0.2, 0.25) is 0 Å². The standard InChI is InChI=1S/C56H61N3O9S/c1-3-31-65-56-52(58(55(62)39-19-20-39)35-41-14-10-13-38-11-4-5-15-46(38)41)34-50(57-66-36-37-17-21-42(22-18-37)59(63)64)48-32-40(12-6-8-29-60)47(16-7-9-30-61)53(54(48)56)49-33-44(25-28-51(49)68-56)67-43-23-26-45(69-2)27-24-43/h3-5,10-11,13-15,17-18,21-28,32-33,39-40,47,52-54,60-61H,1,6-9,12,16,19-20,29-31,34-36H2,2H3. The molecule has 0 aromatic heterocycles. The average molecular weight is 952 g/mol. The molecule has 5 aromatic carbocycles. The van der Waals surface area contributed by atoms with Crippen LogP contribution < -0.4 is 9.47 Å². The fourth-order valence-corrected chi connectivity index (χ4v) is 11.3. The molecule has 69 heavy (non-hydrogen) atoms. The highest BCUT2D eigenvalue weighted by molar-refractivity contribution is 7.98. The lowest BCUT2D eigenvalue weighted by molar-refractivity contribution is -0.384. The van der Waals surface area contributed by atoms with Gasteiger partial charge in [-0.3, -0.25) is 14.9 Å². The molecule has 5 aromatic rings. The van der Waals surface area contributed by atoms with Crippen molar-refractivity contribution < 1.29 is 39.0 Å². The van der Waals surface area contributed by atoms with Crippen LogP contribution in [0.4, 0.5) is 5.69 Å². The Bertz CT molecular complexity index is 2680. The Morgan fingerprint density at radius 3 is 2.41 bits per heavy atom. The Kier molecular flexibility index (Phi) is 15.1. The Labute approximate surface area is 408 Å². The number of oxime groups is 1. The summed E-state index contributed by atoms with van der Waals surface area (Å²) in [5.41, 5.74) is 4.27. The molecule has 0 spiro atoms. The molecule has 6 unspecified atom stereocenters. The maximum Gasteiger partial charge on any atom is 0.269 e. The van der Waals surface area contributed by atoms with Crippen molar-refractivity contribution >= 4 is 39.8 Å². The molecule has 360 valence electrons. The number of hydrogen-bond acceptors (Lipinski definition) is 11. The third kappa shape index (κ3) is 10.3. The Balaban J connectivity index is 1.24. The van der Waals surface area contributed by atoms with E-state index in [4.69, 9.17) is 24.2 Å². The largest absolute Gasteiger partial charge is 0.459 e. The van der Waals surface area contributed by atoms with Gasteiger partial charge in [-0.15, -0.1) is 18.3 Å². The van der Waals surface area contributed by atoms with E-state index in [0.717, 1.165) is 70.9 Å². The number of fused-ring (bicyclic) bond motifs is 3. The van der Waals surface area contributed by atoms with E-state index in [1.165, 1.54) is 12.1 Å². The van der Waals surface area contributed by atoms with Crippen molar-refractivity contribution in [3.8, 4) is 17.2 Å². The zero-order valence-electron chi connectivity index (χ0n) is 39.1. The minimum atomic E-state index is -1.43. The molecular formula is C56H61N3O9S. The summed E-state index contributed by atoms with van der Waals surface area (Å²) in [5.74, 6) is -0.194. The number of amides is 1. The molecule has 6 atom stereocenters. The van der Waals surface area contributed by atoms with Crippen LogP contribution in [0.1, 0.15) is 80.4 Å². The second-order valence-electron chi connectivity index (χ2n) is 18.6. The zero-order valence-corrected chi connectivity index (χ0v) is 39.9. The Morgan fingerprint density at radius 1 is 0.942 bits per heavy atom. The molecule has 13 heteroatoms. The number of benzene rings is 5. The lowest BCUT2D eigenvalue weighted by atomic mass is 9.55. The number of non-ortho nitro benzene ring substituents is 1. The first kappa shape index (κ1) is 48.1. The number of carbonyl (C=O) groups excluding carboxylic acids is 1. The van der Waals surface area contributed by atoms with Gasteiger partial charge in [-0.2, -0.15) is 0 Å². The van der Waals surface area contributed by atoms with Crippen molar-refractivity contribution in [1.29, 1.82) is 0 Å². The highest BCUT2D eigenvalue weighted by atomic mass is 32.2. The number of allylic oxidation sites excluding steroid dienone is 1. The molecule has 0 radical (unpaired) electrons. The topological polar surface area (TPSA) is 153 Å². The highest BCUT2D eigenvalue weighted by Gasteiger charge is 2.66. The van der Waals surface area contributed by atoms with Crippen LogP contribution in [0.5, 0.6) is 17.2 Å². The van der Waals surface area contributed by atoms with Gasteiger partial charge < -0.3 is 34.2 Å². The molecule has 9 rings (SSSR count). The van der Waals surface area contributed by atoms with E-state index in [1.54, 1.807) is 30.0 Å². The molecule has 4 aliphatic rings. The summed E-state index contributed by atoms with van der Waals surface area (Å²) in [6, 6.07) is 34.0. The van der Waals surface area contributed by atoms with Crippen molar-refractivity contribution in [2.75, 3.05) is 26.1 Å². The first-order valence-electron chi connectivity index (χ1n) is 24.3. The number of nitro benzene ring substituents is 1. The number of ether oxygens (including phenoxy) is 3. The van der Waals surface area contributed by atoms with Crippen molar-refractivity contribution in [3.05, 3.63) is 160 Å². The predicted octanol–water partition coefficient (Wildman–Crippen LogP) is 11.5. The van der Waals surface area contributed by atoms with Gasteiger partial charge in [-0.1, -0.05) is 72.6 Å². The van der Waals surface area contributed by atoms with E-state index in [0.29, 0.717) is 47.9 Å². The zero-order chi connectivity index (χ0) is 47.9. The van der Waals surface area contributed by atoms with Gasteiger partial charge >= 0.3 is 0 Å². The third-order valence-electron chi connectivity index (χ3n) is 14.3. The van der Waals surface area contributed by atoms with Gasteiger partial charge in [0.1, 0.15) is 29.9 Å². The van der Waals surface area contributed by atoms with Crippen LogP contribution in [-0.2, 0) is 27.5 Å². The van der Waals surface area contributed by atoms with E-state index in [-0.39, 0.29) is 68.1 Å². The van der Waals surface area contributed by atoms with Gasteiger partial charge in [0.15, 0.2) is 0 Å². The average Bonchev–Trinajstić information content (AvgIpc) is 4.23. The van der Waals surface area contributed by atoms with Crippen LogP contribution in [0.3, 0.4) is 0 Å². The summed E-state index contributed by atoms with van der Waals surface area (Å²) < 4.78 is 21.4. The van der Waals surface area contributed by atoms with Crippen molar-refractivity contribution in [1.82, 2.24) is 4.90 Å². The molecule has 2 fully saturated rings. The molecular weight excluding hydrogens is 891 g/mol. The van der Waals surface area contributed by atoms with Crippen LogP contribution >= 0.6 is 11.8 Å². The fraction of sp³-hybridized carbons (Fsp3) is 0.393. The number of nitrogens with zero attached hydrogens (tertiary/aromatic N) is 3. The van der Waals surface area contributed by atoms with Crippen LogP contribution in [0, 0.1) is 33.8 Å². The maximum atomic E-state index is 15.2. The quantitative estimate of drug-likeness (QED) is 0.0225. The minimum absolute atomic E-state index is 0.0125. The van der Waals surface area contributed by atoms with E-state index in [9.17, 15) is 20.3 Å². The highest BCUT2D eigenvalue weighted by Crippen LogP contribution is 2.62. The monoisotopic (exact) mass is 951 g/mol. The molecule has 2 N–H and O–H groups in total. The first-order chi connectivity index (χ1) is 33.7. The molecule has 3 aliphatic carbocycles. The number of rotatable bonds is 22. The normalized spacial score (nSPS) is 23.0.